The molecule has 25 heavy (non-hydrogen) atoms. The van der Waals surface area contributed by atoms with Crippen LogP contribution in [0.2, 0.25) is 5.02 Å². The highest BCUT2D eigenvalue weighted by Gasteiger charge is 2.22. The lowest BCUT2D eigenvalue weighted by molar-refractivity contribution is 0.342. The van der Waals surface area contributed by atoms with Gasteiger partial charge >= 0.3 is 11.3 Å². The minimum absolute atomic E-state index is 0.552. The molecule has 1 aromatic heterocycles. The molecule has 3 rings (SSSR count). The number of halogens is 1. The van der Waals surface area contributed by atoms with Crippen molar-refractivity contribution in [3.8, 4) is 28.6 Å². The molecular weight excluding hydrogens is 340 g/mol. The fourth-order valence-electron chi connectivity index (χ4n) is 2.68. The van der Waals surface area contributed by atoms with Gasteiger partial charge in [0, 0.05) is 17.2 Å². The van der Waals surface area contributed by atoms with Crippen molar-refractivity contribution in [1.82, 2.24) is 0 Å². The molecule has 130 valence electrons. The second-order valence-corrected chi connectivity index (χ2v) is 5.98. The fraction of sp³-hybridized carbons (Fsp3) is 0.250. The summed E-state index contributed by atoms with van der Waals surface area (Å²) in [5, 5.41) is 1.53. The molecule has 5 heteroatoms. The molecule has 0 atom stereocenters. The fourth-order valence-corrected chi connectivity index (χ4v) is 2.85. The summed E-state index contributed by atoms with van der Waals surface area (Å²) in [5.74, 6) is 2.72. The van der Waals surface area contributed by atoms with Gasteiger partial charge < -0.3 is 14.2 Å². The highest BCUT2D eigenvalue weighted by molar-refractivity contribution is 6.32. The molecule has 0 radical (unpaired) electrons. The van der Waals surface area contributed by atoms with E-state index in [-0.39, 0.29) is 0 Å². The highest BCUT2D eigenvalue weighted by Crippen LogP contribution is 2.38. The van der Waals surface area contributed by atoms with Crippen molar-refractivity contribution in [2.24, 2.45) is 0 Å². The average Bonchev–Trinajstić information content (AvgIpc) is 2.62. The summed E-state index contributed by atoms with van der Waals surface area (Å²) >= 11 is 6.26. The zero-order valence-corrected chi connectivity index (χ0v) is 15.4. The Hall–Kier alpha value is -2.46. The molecule has 0 N–H and O–H groups in total. The van der Waals surface area contributed by atoms with Crippen LogP contribution in [-0.4, -0.2) is 20.8 Å². The van der Waals surface area contributed by atoms with E-state index in [0.717, 1.165) is 27.8 Å². The molecule has 2 aromatic carbocycles. The van der Waals surface area contributed by atoms with Crippen LogP contribution >= 0.6 is 11.6 Å². The first-order chi connectivity index (χ1) is 12.1. The summed E-state index contributed by atoms with van der Waals surface area (Å²) in [4.78, 5) is 0. The third-order valence-electron chi connectivity index (χ3n) is 3.98. The normalized spacial score (nSPS) is 10.8. The summed E-state index contributed by atoms with van der Waals surface area (Å²) < 4.78 is 22.6. The highest BCUT2D eigenvalue weighted by atomic mass is 35.5. The minimum Gasteiger partial charge on any atom is -0.493 e. The van der Waals surface area contributed by atoms with Crippen molar-refractivity contribution in [2.45, 2.75) is 13.8 Å². The SMILES string of the molecule is CCOc1cc(-c2ccc(OC)c(OC)c2)[o+]c2cc(C)c(Cl)cc12. The summed E-state index contributed by atoms with van der Waals surface area (Å²) in [6.07, 6.45) is 0. The first kappa shape index (κ1) is 17.4. The summed E-state index contributed by atoms with van der Waals surface area (Å²) in [5.41, 5.74) is 2.54. The van der Waals surface area contributed by atoms with Crippen LogP contribution in [0, 0.1) is 6.92 Å². The lowest BCUT2D eigenvalue weighted by Gasteiger charge is -2.08. The maximum atomic E-state index is 6.26. The zero-order valence-electron chi connectivity index (χ0n) is 14.7. The number of hydrogen-bond acceptors (Lipinski definition) is 3. The molecule has 0 aliphatic carbocycles. The van der Waals surface area contributed by atoms with Gasteiger partial charge in [-0.3, -0.25) is 0 Å². The van der Waals surface area contributed by atoms with E-state index in [1.807, 2.05) is 50.2 Å². The second-order valence-electron chi connectivity index (χ2n) is 5.58. The largest absolute Gasteiger partial charge is 0.493 e. The second kappa shape index (κ2) is 7.19. The Morgan fingerprint density at radius 2 is 1.72 bits per heavy atom. The Kier molecular flexibility index (Phi) is 5.00. The molecule has 0 fully saturated rings. The van der Waals surface area contributed by atoms with Gasteiger partial charge in [-0.15, -0.1) is 0 Å². The number of ether oxygens (including phenoxy) is 3. The van der Waals surface area contributed by atoms with E-state index in [4.69, 9.17) is 30.2 Å². The molecule has 0 bridgehead atoms. The van der Waals surface area contributed by atoms with E-state index in [0.29, 0.717) is 28.9 Å². The molecule has 0 saturated heterocycles. The van der Waals surface area contributed by atoms with E-state index in [1.165, 1.54) is 0 Å². The predicted molar refractivity (Wildman–Crippen MR) is 100 cm³/mol. The number of methoxy groups -OCH3 is 2. The van der Waals surface area contributed by atoms with Crippen molar-refractivity contribution >= 4 is 22.6 Å². The quantitative estimate of drug-likeness (QED) is 0.543. The Bertz CT molecular complexity index is 921. The van der Waals surface area contributed by atoms with E-state index in [2.05, 4.69) is 0 Å². The van der Waals surface area contributed by atoms with Crippen LogP contribution in [-0.2, 0) is 0 Å². The van der Waals surface area contributed by atoms with Gasteiger partial charge in [0.25, 0.3) is 0 Å². The minimum atomic E-state index is 0.552. The van der Waals surface area contributed by atoms with Gasteiger partial charge in [0.05, 0.1) is 32.5 Å². The van der Waals surface area contributed by atoms with Crippen LogP contribution < -0.4 is 14.2 Å². The van der Waals surface area contributed by atoms with Gasteiger partial charge in [0.15, 0.2) is 11.5 Å². The van der Waals surface area contributed by atoms with Crippen molar-refractivity contribution < 1.29 is 18.6 Å². The summed E-state index contributed by atoms with van der Waals surface area (Å²) in [7, 11) is 3.22. The number of benzene rings is 2. The number of hydrogen-bond donors (Lipinski definition) is 0. The van der Waals surface area contributed by atoms with Crippen LogP contribution in [0.15, 0.2) is 40.8 Å². The number of aryl methyl sites for hydroxylation is 1. The molecule has 0 saturated carbocycles. The van der Waals surface area contributed by atoms with E-state index in [1.54, 1.807) is 14.2 Å². The van der Waals surface area contributed by atoms with E-state index < -0.39 is 0 Å². The molecule has 1 heterocycles. The van der Waals surface area contributed by atoms with Gasteiger partial charge in [-0.2, -0.15) is 0 Å². The van der Waals surface area contributed by atoms with E-state index in [9.17, 15) is 0 Å². The number of fused-ring (bicyclic) bond motifs is 1. The van der Waals surface area contributed by atoms with E-state index >= 15 is 0 Å². The maximum absolute atomic E-state index is 6.26. The maximum Gasteiger partial charge on any atom is 0.364 e. The molecule has 0 spiro atoms. The van der Waals surface area contributed by atoms with Gasteiger partial charge in [-0.25, -0.2) is 4.42 Å². The lowest BCUT2D eigenvalue weighted by atomic mass is 10.1. The monoisotopic (exact) mass is 359 g/mol. The third-order valence-corrected chi connectivity index (χ3v) is 4.38. The predicted octanol–water partition coefficient (Wildman–Crippen LogP) is 5.76. The topological polar surface area (TPSA) is 39.0 Å². The molecule has 0 aliphatic rings. The Labute approximate surface area is 151 Å². The summed E-state index contributed by atoms with van der Waals surface area (Å²) in [6.45, 7) is 4.44. The summed E-state index contributed by atoms with van der Waals surface area (Å²) in [6, 6.07) is 11.3. The third kappa shape index (κ3) is 3.35. The number of rotatable bonds is 5. The molecule has 0 unspecified atom stereocenters. The first-order valence-corrected chi connectivity index (χ1v) is 8.37. The van der Waals surface area contributed by atoms with Crippen molar-refractivity contribution in [2.75, 3.05) is 20.8 Å². The van der Waals surface area contributed by atoms with Crippen LogP contribution in [0.1, 0.15) is 12.5 Å². The van der Waals surface area contributed by atoms with Gasteiger partial charge in [0.1, 0.15) is 11.1 Å². The van der Waals surface area contributed by atoms with Crippen LogP contribution in [0.4, 0.5) is 0 Å². The van der Waals surface area contributed by atoms with Crippen molar-refractivity contribution in [3.63, 3.8) is 0 Å². The molecule has 0 amide bonds. The van der Waals surface area contributed by atoms with Crippen molar-refractivity contribution in [3.05, 3.63) is 47.0 Å². The smallest absolute Gasteiger partial charge is 0.364 e. The average molecular weight is 360 g/mol. The lowest BCUT2D eigenvalue weighted by Crippen LogP contribution is -1.95. The Morgan fingerprint density at radius 1 is 0.960 bits per heavy atom. The Balaban J connectivity index is 2.21. The molecule has 3 aromatic rings. The van der Waals surface area contributed by atoms with Crippen LogP contribution in [0.25, 0.3) is 22.3 Å². The van der Waals surface area contributed by atoms with Crippen LogP contribution in [0.3, 0.4) is 0 Å². The zero-order chi connectivity index (χ0) is 18.0. The van der Waals surface area contributed by atoms with Gasteiger partial charge in [-0.1, -0.05) is 11.6 Å². The molecular formula is C20H20ClO4+. The Morgan fingerprint density at radius 3 is 2.40 bits per heavy atom. The van der Waals surface area contributed by atoms with Gasteiger partial charge in [-0.05, 0) is 37.6 Å². The van der Waals surface area contributed by atoms with Crippen LogP contribution in [0.5, 0.6) is 17.2 Å². The molecule has 0 aliphatic heterocycles. The standard InChI is InChI=1S/C20H20ClO4/c1-5-24-18-11-17(13-6-7-16(22-3)20(9-13)23-4)25-19-8-12(2)15(21)10-14(18)19/h6-11H,5H2,1-4H3/q+1. The van der Waals surface area contributed by atoms with Crippen molar-refractivity contribution in [1.29, 1.82) is 0 Å². The molecule has 4 nitrogen and oxygen atoms in total. The van der Waals surface area contributed by atoms with Gasteiger partial charge in [0.2, 0.25) is 0 Å². The first-order valence-electron chi connectivity index (χ1n) is 7.99.